The van der Waals surface area contributed by atoms with E-state index >= 15 is 0 Å². The average molecular weight is 212 g/mol. The Hall–Kier alpha value is -0.0800. The standard InChI is InChI=1S/C13H28N2/c1-3-12(9-10-14)6-5-11-15(4-2)13-7-8-13/h12-13H,3-11,14H2,1-2H3. The van der Waals surface area contributed by atoms with Crippen LogP contribution in [0, 0.1) is 5.92 Å². The first kappa shape index (κ1) is 13.0. The van der Waals surface area contributed by atoms with Crippen LogP contribution in [0.5, 0.6) is 0 Å². The third kappa shape index (κ3) is 4.98. The predicted molar refractivity (Wildman–Crippen MR) is 67.0 cm³/mol. The molecule has 1 unspecified atom stereocenters. The second-order valence-corrected chi connectivity index (χ2v) is 4.85. The highest BCUT2D eigenvalue weighted by Crippen LogP contribution is 2.27. The van der Waals surface area contributed by atoms with Gasteiger partial charge in [0.1, 0.15) is 0 Å². The molecule has 90 valence electrons. The van der Waals surface area contributed by atoms with Crippen molar-refractivity contribution >= 4 is 0 Å². The first-order valence-electron chi connectivity index (χ1n) is 6.75. The Labute approximate surface area is 95.2 Å². The van der Waals surface area contributed by atoms with Gasteiger partial charge in [0.25, 0.3) is 0 Å². The van der Waals surface area contributed by atoms with Crippen LogP contribution < -0.4 is 5.73 Å². The molecule has 0 saturated heterocycles. The zero-order valence-electron chi connectivity index (χ0n) is 10.5. The van der Waals surface area contributed by atoms with Crippen molar-refractivity contribution in [2.45, 2.75) is 58.4 Å². The molecule has 0 heterocycles. The normalized spacial score (nSPS) is 18.4. The summed E-state index contributed by atoms with van der Waals surface area (Å²) in [5, 5.41) is 0. The number of nitrogens with two attached hydrogens (primary N) is 1. The molecule has 0 spiro atoms. The van der Waals surface area contributed by atoms with Gasteiger partial charge in [0, 0.05) is 6.04 Å². The summed E-state index contributed by atoms with van der Waals surface area (Å²) in [5.74, 6) is 0.868. The van der Waals surface area contributed by atoms with Gasteiger partial charge in [-0.15, -0.1) is 0 Å². The molecule has 15 heavy (non-hydrogen) atoms. The van der Waals surface area contributed by atoms with E-state index in [9.17, 15) is 0 Å². The minimum atomic E-state index is 0.860. The Morgan fingerprint density at radius 2 is 2.00 bits per heavy atom. The van der Waals surface area contributed by atoms with Crippen molar-refractivity contribution in [1.82, 2.24) is 4.90 Å². The van der Waals surface area contributed by atoms with Gasteiger partial charge in [-0.25, -0.2) is 0 Å². The molecule has 1 saturated carbocycles. The van der Waals surface area contributed by atoms with Crippen molar-refractivity contribution in [3.05, 3.63) is 0 Å². The fraction of sp³-hybridized carbons (Fsp3) is 1.00. The van der Waals surface area contributed by atoms with Gasteiger partial charge in [-0.2, -0.15) is 0 Å². The average Bonchev–Trinajstić information content (AvgIpc) is 3.06. The Morgan fingerprint density at radius 3 is 2.47 bits per heavy atom. The highest BCUT2D eigenvalue weighted by molar-refractivity contribution is 4.83. The van der Waals surface area contributed by atoms with Gasteiger partial charge in [-0.3, -0.25) is 0 Å². The number of rotatable bonds is 9. The van der Waals surface area contributed by atoms with Crippen LogP contribution in [-0.2, 0) is 0 Å². The maximum absolute atomic E-state index is 5.61. The Bertz CT molecular complexity index is 155. The van der Waals surface area contributed by atoms with Crippen molar-refractivity contribution in [3.8, 4) is 0 Å². The van der Waals surface area contributed by atoms with E-state index in [2.05, 4.69) is 18.7 Å². The lowest BCUT2D eigenvalue weighted by Gasteiger charge is -2.21. The molecule has 2 nitrogen and oxygen atoms in total. The summed E-state index contributed by atoms with van der Waals surface area (Å²) >= 11 is 0. The van der Waals surface area contributed by atoms with Gasteiger partial charge in [-0.1, -0.05) is 20.3 Å². The SMILES string of the molecule is CCC(CCN)CCCN(CC)C1CC1. The van der Waals surface area contributed by atoms with Crippen molar-refractivity contribution in [2.24, 2.45) is 11.7 Å². The monoisotopic (exact) mass is 212 g/mol. The maximum Gasteiger partial charge on any atom is 0.00963 e. The molecule has 1 aliphatic rings. The third-order valence-corrected chi connectivity index (χ3v) is 3.68. The highest BCUT2D eigenvalue weighted by Gasteiger charge is 2.27. The molecule has 1 atom stereocenters. The van der Waals surface area contributed by atoms with E-state index < -0.39 is 0 Å². The molecule has 0 bridgehead atoms. The third-order valence-electron chi connectivity index (χ3n) is 3.68. The van der Waals surface area contributed by atoms with Crippen molar-refractivity contribution in [3.63, 3.8) is 0 Å². The zero-order chi connectivity index (χ0) is 11.1. The van der Waals surface area contributed by atoms with Gasteiger partial charge in [0.15, 0.2) is 0 Å². The Morgan fingerprint density at radius 1 is 1.27 bits per heavy atom. The first-order chi connectivity index (χ1) is 7.31. The summed E-state index contributed by atoms with van der Waals surface area (Å²) in [6.45, 7) is 7.98. The summed E-state index contributed by atoms with van der Waals surface area (Å²) in [4.78, 5) is 2.65. The van der Waals surface area contributed by atoms with Gasteiger partial charge in [-0.05, 0) is 57.7 Å². The molecule has 0 aromatic heterocycles. The first-order valence-corrected chi connectivity index (χ1v) is 6.75. The summed E-state index contributed by atoms with van der Waals surface area (Å²) in [7, 11) is 0. The largest absolute Gasteiger partial charge is 0.330 e. The quantitative estimate of drug-likeness (QED) is 0.636. The second kappa shape index (κ2) is 7.24. The zero-order valence-corrected chi connectivity index (χ0v) is 10.5. The molecule has 2 N–H and O–H groups in total. The molecule has 0 aliphatic heterocycles. The summed E-state index contributed by atoms with van der Waals surface area (Å²) in [6, 6.07) is 0.935. The fourth-order valence-electron chi connectivity index (χ4n) is 2.41. The molecule has 0 aromatic carbocycles. The van der Waals surface area contributed by atoms with E-state index in [1.165, 1.54) is 51.6 Å². The molecular weight excluding hydrogens is 184 g/mol. The summed E-state index contributed by atoms with van der Waals surface area (Å²) < 4.78 is 0. The summed E-state index contributed by atoms with van der Waals surface area (Å²) in [6.07, 6.45) is 8.13. The Kier molecular flexibility index (Phi) is 6.26. The fourth-order valence-corrected chi connectivity index (χ4v) is 2.41. The van der Waals surface area contributed by atoms with E-state index in [0.717, 1.165) is 18.5 Å². The van der Waals surface area contributed by atoms with Gasteiger partial charge in [0.05, 0.1) is 0 Å². The van der Waals surface area contributed by atoms with Crippen molar-refractivity contribution < 1.29 is 0 Å². The maximum atomic E-state index is 5.61. The van der Waals surface area contributed by atoms with Gasteiger partial charge >= 0.3 is 0 Å². The van der Waals surface area contributed by atoms with E-state index in [0.29, 0.717) is 0 Å². The van der Waals surface area contributed by atoms with E-state index in [4.69, 9.17) is 5.73 Å². The second-order valence-electron chi connectivity index (χ2n) is 4.85. The molecule has 2 heteroatoms. The van der Waals surface area contributed by atoms with Crippen LogP contribution in [0.4, 0.5) is 0 Å². The van der Waals surface area contributed by atoms with Gasteiger partial charge < -0.3 is 10.6 Å². The lowest BCUT2D eigenvalue weighted by molar-refractivity contribution is 0.260. The lowest BCUT2D eigenvalue weighted by atomic mass is 9.96. The molecular formula is C13H28N2. The highest BCUT2D eigenvalue weighted by atomic mass is 15.2. The molecule has 1 rings (SSSR count). The van der Waals surface area contributed by atoms with Crippen LogP contribution in [0.2, 0.25) is 0 Å². The van der Waals surface area contributed by atoms with Crippen molar-refractivity contribution in [2.75, 3.05) is 19.6 Å². The van der Waals surface area contributed by atoms with Crippen LogP contribution in [-0.4, -0.2) is 30.6 Å². The van der Waals surface area contributed by atoms with Crippen LogP contribution in [0.1, 0.15) is 52.4 Å². The van der Waals surface area contributed by atoms with Crippen LogP contribution in [0.3, 0.4) is 0 Å². The van der Waals surface area contributed by atoms with Crippen LogP contribution >= 0.6 is 0 Å². The molecule has 1 aliphatic carbocycles. The van der Waals surface area contributed by atoms with E-state index in [1.54, 1.807) is 0 Å². The number of hydrogen-bond donors (Lipinski definition) is 1. The number of nitrogens with zero attached hydrogens (tertiary/aromatic N) is 1. The minimum absolute atomic E-state index is 0.860. The van der Waals surface area contributed by atoms with Crippen LogP contribution in [0.25, 0.3) is 0 Å². The molecule has 0 aromatic rings. The number of hydrogen-bond acceptors (Lipinski definition) is 2. The minimum Gasteiger partial charge on any atom is -0.330 e. The lowest BCUT2D eigenvalue weighted by Crippen LogP contribution is -2.27. The predicted octanol–water partition coefficient (Wildman–Crippen LogP) is 2.63. The Balaban J connectivity index is 2.07. The molecule has 0 radical (unpaired) electrons. The van der Waals surface area contributed by atoms with E-state index in [-0.39, 0.29) is 0 Å². The van der Waals surface area contributed by atoms with Gasteiger partial charge in [0.2, 0.25) is 0 Å². The topological polar surface area (TPSA) is 29.3 Å². The molecule has 0 amide bonds. The molecule has 1 fully saturated rings. The summed E-state index contributed by atoms with van der Waals surface area (Å²) in [5.41, 5.74) is 5.61. The van der Waals surface area contributed by atoms with Crippen molar-refractivity contribution in [1.29, 1.82) is 0 Å². The van der Waals surface area contributed by atoms with E-state index in [1.807, 2.05) is 0 Å². The smallest absolute Gasteiger partial charge is 0.00963 e. The van der Waals surface area contributed by atoms with Crippen LogP contribution in [0.15, 0.2) is 0 Å².